The van der Waals surface area contributed by atoms with Crippen molar-refractivity contribution in [3.63, 3.8) is 0 Å². The summed E-state index contributed by atoms with van der Waals surface area (Å²) in [4.78, 5) is 1.90. The molecule has 0 saturated heterocycles. The maximum Gasteiger partial charge on any atom is 0.174 e. The lowest BCUT2D eigenvalue weighted by Crippen LogP contribution is -2.42. The third-order valence-corrected chi connectivity index (χ3v) is 5.90. The molecule has 0 aliphatic carbocycles. The minimum absolute atomic E-state index is 0.0327. The SMILES string of the molecule is CCOc1ccc(NC(=S)N(Cc2ccccc2)[C@@H]2C=CS(=O)(=O)C2)cc1. The van der Waals surface area contributed by atoms with Crippen LogP contribution < -0.4 is 10.1 Å². The Morgan fingerprint density at radius 1 is 1.19 bits per heavy atom. The molecule has 1 heterocycles. The summed E-state index contributed by atoms with van der Waals surface area (Å²) in [6.45, 7) is 3.07. The van der Waals surface area contributed by atoms with Gasteiger partial charge >= 0.3 is 0 Å². The van der Waals surface area contributed by atoms with Crippen molar-refractivity contribution in [2.75, 3.05) is 17.7 Å². The summed E-state index contributed by atoms with van der Waals surface area (Å²) in [7, 11) is -3.18. The predicted molar refractivity (Wildman–Crippen MR) is 113 cm³/mol. The number of nitrogens with one attached hydrogen (secondary N) is 1. The standard InChI is InChI=1S/C20H22N2O3S2/c1-2-25-19-10-8-17(9-11-19)21-20(26)22(14-16-6-4-3-5-7-16)18-12-13-27(23,24)15-18/h3-13,18H,2,14-15H2,1H3,(H,21,26)/t18-/m1/s1. The second-order valence-electron chi connectivity index (χ2n) is 6.23. The van der Waals surface area contributed by atoms with Gasteiger partial charge in [-0.3, -0.25) is 0 Å². The van der Waals surface area contributed by atoms with Crippen LogP contribution in [-0.2, 0) is 16.4 Å². The van der Waals surface area contributed by atoms with Gasteiger partial charge in [0.15, 0.2) is 14.9 Å². The summed E-state index contributed by atoms with van der Waals surface area (Å²) < 4.78 is 29.2. The molecule has 0 fully saturated rings. The molecule has 3 rings (SSSR count). The third-order valence-electron chi connectivity index (χ3n) is 4.18. The molecular weight excluding hydrogens is 380 g/mol. The molecule has 1 aliphatic rings. The van der Waals surface area contributed by atoms with Crippen molar-refractivity contribution < 1.29 is 13.2 Å². The molecule has 0 saturated carbocycles. The van der Waals surface area contributed by atoms with Gasteiger partial charge in [0.25, 0.3) is 0 Å². The quantitative estimate of drug-likeness (QED) is 0.745. The van der Waals surface area contributed by atoms with Crippen molar-refractivity contribution in [2.45, 2.75) is 19.5 Å². The second kappa shape index (κ2) is 8.54. The Kier molecular flexibility index (Phi) is 6.13. The van der Waals surface area contributed by atoms with Crippen LogP contribution in [0.4, 0.5) is 5.69 Å². The normalized spacial score (nSPS) is 17.4. The van der Waals surface area contributed by atoms with E-state index < -0.39 is 9.84 Å². The highest BCUT2D eigenvalue weighted by Gasteiger charge is 2.28. The van der Waals surface area contributed by atoms with E-state index in [-0.39, 0.29) is 11.8 Å². The van der Waals surface area contributed by atoms with Crippen LogP contribution in [0, 0.1) is 0 Å². The van der Waals surface area contributed by atoms with Crippen LogP contribution in [0.5, 0.6) is 5.75 Å². The van der Waals surface area contributed by atoms with Crippen molar-refractivity contribution in [3.05, 3.63) is 71.6 Å². The highest BCUT2D eigenvalue weighted by atomic mass is 32.2. The fourth-order valence-corrected chi connectivity index (χ4v) is 4.49. The molecule has 0 spiro atoms. The molecule has 0 bridgehead atoms. The average Bonchev–Trinajstić information content (AvgIpc) is 3.02. The summed E-state index contributed by atoms with van der Waals surface area (Å²) in [5.74, 6) is 0.824. The Labute approximate surface area is 165 Å². The van der Waals surface area contributed by atoms with Gasteiger partial charge in [-0.25, -0.2) is 8.42 Å². The first-order valence-electron chi connectivity index (χ1n) is 8.72. The van der Waals surface area contributed by atoms with Crippen molar-refractivity contribution in [2.24, 2.45) is 0 Å². The lowest BCUT2D eigenvalue weighted by molar-refractivity contribution is 0.340. The number of rotatable bonds is 6. The summed E-state index contributed by atoms with van der Waals surface area (Å²) in [5.41, 5.74) is 1.89. The lowest BCUT2D eigenvalue weighted by atomic mass is 10.2. The van der Waals surface area contributed by atoms with Crippen LogP contribution in [0.25, 0.3) is 0 Å². The molecule has 1 atom stereocenters. The number of hydrogen-bond acceptors (Lipinski definition) is 4. The van der Waals surface area contributed by atoms with Gasteiger partial charge in [0, 0.05) is 17.6 Å². The second-order valence-corrected chi connectivity index (χ2v) is 8.54. The van der Waals surface area contributed by atoms with Crippen LogP contribution in [0.3, 0.4) is 0 Å². The van der Waals surface area contributed by atoms with E-state index >= 15 is 0 Å². The van der Waals surface area contributed by atoms with E-state index in [1.807, 2.05) is 66.4 Å². The van der Waals surface area contributed by atoms with Crippen LogP contribution in [-0.4, -0.2) is 36.8 Å². The van der Waals surface area contributed by atoms with Crippen molar-refractivity contribution in [3.8, 4) is 5.75 Å². The van der Waals surface area contributed by atoms with Gasteiger partial charge in [0.2, 0.25) is 0 Å². The van der Waals surface area contributed by atoms with E-state index in [1.54, 1.807) is 6.08 Å². The van der Waals surface area contributed by atoms with Crippen molar-refractivity contribution in [1.29, 1.82) is 0 Å². The first kappa shape index (κ1) is 19.4. The van der Waals surface area contributed by atoms with E-state index in [0.29, 0.717) is 18.3 Å². The number of thiocarbonyl (C=S) groups is 1. The summed E-state index contributed by atoms with van der Waals surface area (Å²) in [6.07, 6.45) is 1.70. The minimum Gasteiger partial charge on any atom is -0.494 e. The predicted octanol–water partition coefficient (Wildman–Crippen LogP) is 3.60. The number of anilines is 1. The number of ether oxygens (including phenoxy) is 1. The minimum atomic E-state index is -3.18. The molecule has 0 aromatic heterocycles. The van der Waals surface area contributed by atoms with Crippen LogP contribution in [0.15, 0.2) is 66.1 Å². The molecule has 27 heavy (non-hydrogen) atoms. The molecule has 1 aliphatic heterocycles. The Morgan fingerprint density at radius 2 is 1.89 bits per heavy atom. The Hall–Kier alpha value is -2.38. The van der Waals surface area contributed by atoms with Gasteiger partial charge in [-0.05, 0) is 55.0 Å². The van der Waals surface area contributed by atoms with E-state index in [0.717, 1.165) is 17.0 Å². The van der Waals surface area contributed by atoms with Crippen molar-refractivity contribution >= 4 is 32.9 Å². The van der Waals surface area contributed by atoms with Gasteiger partial charge in [-0.1, -0.05) is 30.3 Å². The average molecular weight is 403 g/mol. The zero-order chi connectivity index (χ0) is 19.3. The first-order valence-corrected chi connectivity index (χ1v) is 10.8. The fourth-order valence-electron chi connectivity index (χ4n) is 2.87. The van der Waals surface area contributed by atoms with E-state index in [4.69, 9.17) is 17.0 Å². The number of benzene rings is 2. The summed E-state index contributed by atoms with van der Waals surface area (Å²) in [6, 6.07) is 17.1. The molecule has 2 aromatic rings. The van der Waals surface area contributed by atoms with Gasteiger partial charge in [0.1, 0.15) is 5.75 Å². The van der Waals surface area contributed by atoms with Gasteiger partial charge in [-0.15, -0.1) is 0 Å². The van der Waals surface area contributed by atoms with Crippen LogP contribution in [0.2, 0.25) is 0 Å². The molecule has 142 valence electrons. The zero-order valence-electron chi connectivity index (χ0n) is 15.0. The van der Waals surface area contributed by atoms with E-state index in [2.05, 4.69) is 5.32 Å². The maximum atomic E-state index is 11.9. The highest BCUT2D eigenvalue weighted by Crippen LogP contribution is 2.21. The molecule has 5 nitrogen and oxygen atoms in total. The van der Waals surface area contributed by atoms with Gasteiger partial charge in [0.05, 0.1) is 18.4 Å². The summed E-state index contributed by atoms with van der Waals surface area (Å²) >= 11 is 5.61. The maximum absolute atomic E-state index is 11.9. The molecule has 1 N–H and O–H groups in total. The molecule has 0 radical (unpaired) electrons. The first-order chi connectivity index (χ1) is 13.0. The molecule has 2 aromatic carbocycles. The molecule has 0 amide bonds. The Bertz CT molecular complexity index is 910. The van der Waals surface area contributed by atoms with Crippen LogP contribution in [0.1, 0.15) is 12.5 Å². The molecule has 0 unspecified atom stereocenters. The molecular formula is C20H22N2O3S2. The smallest absolute Gasteiger partial charge is 0.174 e. The topological polar surface area (TPSA) is 58.6 Å². The molecule has 7 heteroatoms. The Morgan fingerprint density at radius 3 is 2.48 bits per heavy atom. The van der Waals surface area contributed by atoms with Crippen molar-refractivity contribution in [1.82, 2.24) is 4.90 Å². The monoisotopic (exact) mass is 402 g/mol. The number of sulfone groups is 1. The highest BCUT2D eigenvalue weighted by molar-refractivity contribution is 7.94. The van der Waals surface area contributed by atoms with E-state index in [9.17, 15) is 8.42 Å². The van der Waals surface area contributed by atoms with Gasteiger partial charge < -0.3 is 15.0 Å². The van der Waals surface area contributed by atoms with Crippen LogP contribution >= 0.6 is 12.2 Å². The Balaban J connectivity index is 1.77. The summed E-state index contributed by atoms with van der Waals surface area (Å²) in [5, 5.41) is 4.96. The largest absolute Gasteiger partial charge is 0.494 e. The zero-order valence-corrected chi connectivity index (χ0v) is 16.7. The lowest BCUT2D eigenvalue weighted by Gasteiger charge is -2.30. The van der Waals surface area contributed by atoms with Gasteiger partial charge in [-0.2, -0.15) is 0 Å². The van der Waals surface area contributed by atoms with E-state index in [1.165, 1.54) is 5.41 Å². The fraction of sp³-hybridized carbons (Fsp3) is 0.250. The third kappa shape index (κ3) is 5.30. The number of nitrogens with zero attached hydrogens (tertiary/aromatic N) is 1. The number of hydrogen-bond donors (Lipinski definition) is 1.